The second-order valence-corrected chi connectivity index (χ2v) is 5.76. The molecule has 0 aliphatic heterocycles. The fourth-order valence-electron chi connectivity index (χ4n) is 2.32. The van der Waals surface area contributed by atoms with Gasteiger partial charge in [-0.3, -0.25) is 9.59 Å². The molecule has 1 amide bonds. The minimum absolute atomic E-state index is 0.0407. The molecule has 0 radical (unpaired) electrons. The first kappa shape index (κ1) is 16.9. The number of H-pyrrole nitrogens is 1. The number of rotatable bonds is 3. The van der Waals surface area contributed by atoms with Crippen molar-refractivity contribution in [3.8, 4) is 11.5 Å². The van der Waals surface area contributed by atoms with Crippen LogP contribution in [-0.4, -0.2) is 21.1 Å². The molecule has 122 valence electrons. The number of halogens is 1. The van der Waals surface area contributed by atoms with E-state index in [0.29, 0.717) is 5.56 Å². The highest BCUT2D eigenvalue weighted by Gasteiger charge is 2.18. The largest absolute Gasteiger partial charge is 0.504 e. The molecule has 2 rings (SSSR count). The minimum Gasteiger partial charge on any atom is -0.504 e. The molecule has 1 heterocycles. The van der Waals surface area contributed by atoms with E-state index in [1.165, 1.54) is 13.0 Å². The van der Waals surface area contributed by atoms with Crippen molar-refractivity contribution in [1.82, 2.24) is 10.3 Å². The van der Waals surface area contributed by atoms with Crippen molar-refractivity contribution < 1.29 is 15.0 Å². The molecule has 23 heavy (non-hydrogen) atoms. The monoisotopic (exact) mass is 336 g/mol. The summed E-state index contributed by atoms with van der Waals surface area (Å²) >= 11 is 5.78. The van der Waals surface area contributed by atoms with Gasteiger partial charge < -0.3 is 20.5 Å². The smallest absolute Gasteiger partial charge is 0.253 e. The number of aromatic amines is 1. The maximum absolute atomic E-state index is 12.3. The third kappa shape index (κ3) is 3.32. The molecule has 1 aromatic heterocycles. The summed E-state index contributed by atoms with van der Waals surface area (Å²) in [6.45, 7) is 5.10. The van der Waals surface area contributed by atoms with E-state index in [1.807, 2.05) is 6.07 Å². The number of aromatic nitrogens is 1. The topological polar surface area (TPSA) is 102 Å². The minimum atomic E-state index is -0.501. The first-order valence-corrected chi connectivity index (χ1v) is 7.28. The van der Waals surface area contributed by atoms with Crippen molar-refractivity contribution in [1.29, 1.82) is 0 Å². The molecule has 0 bridgehead atoms. The normalized spacial score (nSPS) is 10.6. The number of hydrogen-bond acceptors (Lipinski definition) is 4. The molecular weight excluding hydrogens is 320 g/mol. The van der Waals surface area contributed by atoms with Crippen molar-refractivity contribution in [2.75, 3.05) is 0 Å². The zero-order valence-electron chi connectivity index (χ0n) is 13.0. The Labute approximate surface area is 137 Å². The highest BCUT2D eigenvalue weighted by molar-refractivity contribution is 6.32. The average Bonchev–Trinajstić information content (AvgIpc) is 2.47. The summed E-state index contributed by atoms with van der Waals surface area (Å²) in [6.07, 6.45) is 0. The molecule has 7 heteroatoms. The van der Waals surface area contributed by atoms with Crippen LogP contribution in [-0.2, 0) is 6.54 Å². The number of benzene rings is 1. The van der Waals surface area contributed by atoms with E-state index >= 15 is 0 Å². The van der Waals surface area contributed by atoms with Crippen LogP contribution in [0.4, 0.5) is 0 Å². The molecule has 0 aliphatic rings. The maximum atomic E-state index is 12.3. The van der Waals surface area contributed by atoms with Crippen LogP contribution >= 0.6 is 11.6 Å². The van der Waals surface area contributed by atoms with Gasteiger partial charge in [0.25, 0.3) is 11.5 Å². The Kier molecular flexibility index (Phi) is 4.65. The lowest BCUT2D eigenvalue weighted by molar-refractivity contribution is 0.0949. The molecule has 6 nitrogen and oxygen atoms in total. The van der Waals surface area contributed by atoms with Crippen LogP contribution in [0.2, 0.25) is 5.02 Å². The molecule has 1 aromatic carbocycles. The Morgan fingerprint density at radius 2 is 1.87 bits per heavy atom. The quantitative estimate of drug-likeness (QED) is 0.646. The van der Waals surface area contributed by atoms with Gasteiger partial charge in [0.2, 0.25) is 0 Å². The molecule has 0 atom stereocenters. The van der Waals surface area contributed by atoms with Gasteiger partial charge in [-0.25, -0.2) is 0 Å². The third-order valence-electron chi connectivity index (χ3n) is 3.64. The van der Waals surface area contributed by atoms with Crippen molar-refractivity contribution in [3.05, 3.63) is 55.5 Å². The second kappa shape index (κ2) is 6.34. The summed E-state index contributed by atoms with van der Waals surface area (Å²) in [5.74, 6) is -1.40. The Morgan fingerprint density at radius 3 is 2.48 bits per heavy atom. The van der Waals surface area contributed by atoms with Crippen LogP contribution in [0.15, 0.2) is 16.9 Å². The predicted molar refractivity (Wildman–Crippen MR) is 87.2 cm³/mol. The number of aryl methyl sites for hydroxylation is 2. The number of phenols is 2. The van der Waals surface area contributed by atoms with Crippen molar-refractivity contribution in [2.45, 2.75) is 27.3 Å². The molecule has 0 saturated carbocycles. The zero-order valence-corrected chi connectivity index (χ0v) is 13.7. The van der Waals surface area contributed by atoms with Gasteiger partial charge in [0.15, 0.2) is 11.5 Å². The number of phenolic OH excluding ortho intramolecular Hbond substituents is 2. The third-order valence-corrected chi connectivity index (χ3v) is 3.93. The van der Waals surface area contributed by atoms with Crippen LogP contribution in [0, 0.1) is 20.8 Å². The number of amides is 1. The van der Waals surface area contributed by atoms with Crippen LogP contribution < -0.4 is 10.9 Å². The highest BCUT2D eigenvalue weighted by atomic mass is 35.5. The standard InChI is InChI=1S/C16H17ClN2O4/c1-7-4-8(2)19-16(23)11(7)6-18-15(22)10-5-12(17)14(21)13(20)9(10)3/h4-5,20-21H,6H2,1-3H3,(H,18,22)(H,19,23). The average molecular weight is 337 g/mol. The van der Waals surface area contributed by atoms with Crippen LogP contribution in [0.5, 0.6) is 11.5 Å². The van der Waals surface area contributed by atoms with E-state index in [1.54, 1.807) is 13.8 Å². The molecule has 0 aliphatic carbocycles. The van der Waals surface area contributed by atoms with Gasteiger partial charge in [-0.15, -0.1) is 0 Å². The molecule has 4 N–H and O–H groups in total. The first-order chi connectivity index (χ1) is 10.7. The molecule has 0 fully saturated rings. The van der Waals surface area contributed by atoms with Gasteiger partial charge in [-0.05, 0) is 38.5 Å². The summed E-state index contributed by atoms with van der Waals surface area (Å²) in [4.78, 5) is 26.9. The summed E-state index contributed by atoms with van der Waals surface area (Å²) in [7, 11) is 0. The highest BCUT2D eigenvalue weighted by Crippen LogP contribution is 2.37. The summed E-state index contributed by atoms with van der Waals surface area (Å²) in [5.41, 5.74) is 2.05. The predicted octanol–water partition coefficient (Wildman–Crippen LogP) is 2.29. The van der Waals surface area contributed by atoms with Crippen LogP contribution in [0.25, 0.3) is 0 Å². The number of carbonyl (C=O) groups is 1. The van der Waals surface area contributed by atoms with E-state index in [2.05, 4.69) is 10.3 Å². The molecular formula is C16H17ClN2O4. The summed E-state index contributed by atoms with van der Waals surface area (Å²) in [5, 5.41) is 21.8. The summed E-state index contributed by atoms with van der Waals surface area (Å²) in [6, 6.07) is 3.09. The zero-order chi connectivity index (χ0) is 17.3. The van der Waals surface area contributed by atoms with Gasteiger partial charge in [0.1, 0.15) is 0 Å². The van der Waals surface area contributed by atoms with Crippen molar-refractivity contribution in [3.63, 3.8) is 0 Å². The molecule has 2 aromatic rings. The summed E-state index contributed by atoms with van der Waals surface area (Å²) < 4.78 is 0. The Balaban J connectivity index is 2.27. The van der Waals surface area contributed by atoms with Crippen LogP contribution in [0.1, 0.15) is 32.7 Å². The number of nitrogens with one attached hydrogen (secondary N) is 2. The van der Waals surface area contributed by atoms with E-state index in [0.717, 1.165) is 11.3 Å². The lowest BCUT2D eigenvalue weighted by Crippen LogP contribution is -2.28. The number of carbonyl (C=O) groups excluding carboxylic acids is 1. The Bertz CT molecular complexity index is 843. The number of hydrogen-bond donors (Lipinski definition) is 4. The van der Waals surface area contributed by atoms with Gasteiger partial charge in [-0.2, -0.15) is 0 Å². The fraction of sp³-hybridized carbons (Fsp3) is 0.250. The van der Waals surface area contributed by atoms with Gasteiger partial charge in [-0.1, -0.05) is 11.6 Å². The Hall–Kier alpha value is -2.47. The number of pyridine rings is 1. The van der Waals surface area contributed by atoms with E-state index in [-0.39, 0.29) is 28.3 Å². The van der Waals surface area contributed by atoms with Gasteiger partial charge in [0, 0.05) is 28.9 Å². The van der Waals surface area contributed by atoms with Gasteiger partial charge in [0.05, 0.1) is 5.02 Å². The maximum Gasteiger partial charge on any atom is 0.253 e. The van der Waals surface area contributed by atoms with Crippen LogP contribution in [0.3, 0.4) is 0 Å². The Morgan fingerprint density at radius 1 is 1.22 bits per heavy atom. The molecule has 0 spiro atoms. The second-order valence-electron chi connectivity index (χ2n) is 5.35. The molecule has 0 saturated heterocycles. The van der Waals surface area contributed by atoms with E-state index in [9.17, 15) is 19.8 Å². The lowest BCUT2D eigenvalue weighted by atomic mass is 10.1. The van der Waals surface area contributed by atoms with Gasteiger partial charge >= 0.3 is 0 Å². The number of aromatic hydroxyl groups is 2. The lowest BCUT2D eigenvalue weighted by Gasteiger charge is -2.12. The van der Waals surface area contributed by atoms with E-state index < -0.39 is 17.4 Å². The van der Waals surface area contributed by atoms with E-state index in [4.69, 9.17) is 11.6 Å². The fourth-order valence-corrected chi connectivity index (χ4v) is 2.52. The van der Waals surface area contributed by atoms with Crippen molar-refractivity contribution >= 4 is 17.5 Å². The first-order valence-electron chi connectivity index (χ1n) is 6.91. The SMILES string of the molecule is Cc1cc(C)c(CNC(=O)c2cc(Cl)c(O)c(O)c2C)c(=O)[nH]1. The molecule has 0 unspecified atom stereocenters. The van der Waals surface area contributed by atoms with Crippen molar-refractivity contribution in [2.24, 2.45) is 0 Å².